The zero-order chi connectivity index (χ0) is 9.10. The first kappa shape index (κ1) is 8.97. The maximum atomic E-state index is 5.84. The topological polar surface area (TPSA) is 38.0 Å². The van der Waals surface area contributed by atoms with Gasteiger partial charge in [0.25, 0.3) is 0 Å². The summed E-state index contributed by atoms with van der Waals surface area (Å²) < 4.78 is 0. The summed E-state index contributed by atoms with van der Waals surface area (Å²) in [6.07, 6.45) is 9.70. The van der Waals surface area contributed by atoms with E-state index >= 15 is 0 Å². The molecule has 0 spiro atoms. The maximum Gasteiger partial charge on any atom is 0.0354 e. The summed E-state index contributed by atoms with van der Waals surface area (Å²) >= 11 is 0. The van der Waals surface area contributed by atoms with Crippen molar-refractivity contribution in [2.24, 2.45) is 5.73 Å². The summed E-state index contributed by atoms with van der Waals surface area (Å²) in [4.78, 5) is 0. The largest absolute Gasteiger partial charge is 0.323 e. The maximum absolute atomic E-state index is 5.84. The molecule has 2 nitrogen and oxygen atoms in total. The molecular weight excluding hydrogens is 160 g/mol. The van der Waals surface area contributed by atoms with Crippen molar-refractivity contribution in [2.45, 2.75) is 31.7 Å². The lowest BCUT2D eigenvalue weighted by Gasteiger charge is -2.19. The minimum Gasteiger partial charge on any atom is -0.323 e. The van der Waals surface area contributed by atoms with Crippen molar-refractivity contribution in [3.05, 3.63) is 23.3 Å². The molecule has 0 saturated heterocycles. The van der Waals surface area contributed by atoms with Gasteiger partial charge in [0.15, 0.2) is 0 Å². The second-order valence-corrected chi connectivity index (χ2v) is 4.05. The highest BCUT2D eigenvalue weighted by Gasteiger charge is 2.11. The van der Waals surface area contributed by atoms with Gasteiger partial charge >= 0.3 is 0 Å². The minimum absolute atomic E-state index is 0.228. The van der Waals surface area contributed by atoms with E-state index in [0.29, 0.717) is 0 Å². The first-order valence-electron chi connectivity index (χ1n) is 5.18. The van der Waals surface area contributed by atoms with Crippen LogP contribution in [0.4, 0.5) is 0 Å². The highest BCUT2D eigenvalue weighted by Crippen LogP contribution is 2.24. The SMILES string of the molecule is NC1C=C(CC2=CCCC2)CNC1. The second-order valence-electron chi connectivity index (χ2n) is 4.05. The Balaban J connectivity index is 1.93. The van der Waals surface area contributed by atoms with E-state index in [2.05, 4.69) is 17.5 Å². The smallest absolute Gasteiger partial charge is 0.0354 e. The Kier molecular flexibility index (Phi) is 2.81. The van der Waals surface area contributed by atoms with Crippen molar-refractivity contribution in [2.75, 3.05) is 13.1 Å². The molecule has 3 N–H and O–H groups in total. The van der Waals surface area contributed by atoms with Gasteiger partial charge in [-0.25, -0.2) is 0 Å². The monoisotopic (exact) mass is 178 g/mol. The van der Waals surface area contributed by atoms with Gasteiger partial charge in [0, 0.05) is 19.1 Å². The molecule has 2 aliphatic rings. The molecule has 0 bridgehead atoms. The zero-order valence-electron chi connectivity index (χ0n) is 8.05. The number of nitrogens with two attached hydrogens (primary N) is 1. The third-order valence-corrected chi connectivity index (χ3v) is 2.77. The number of hydrogen-bond donors (Lipinski definition) is 2. The summed E-state index contributed by atoms with van der Waals surface area (Å²) in [7, 11) is 0. The van der Waals surface area contributed by atoms with E-state index in [1.54, 1.807) is 5.57 Å². The van der Waals surface area contributed by atoms with Gasteiger partial charge in [-0.15, -0.1) is 0 Å². The van der Waals surface area contributed by atoms with Crippen molar-refractivity contribution >= 4 is 0 Å². The molecule has 0 radical (unpaired) electrons. The predicted molar refractivity (Wildman–Crippen MR) is 55.5 cm³/mol. The molecule has 0 aromatic heterocycles. The van der Waals surface area contributed by atoms with Crippen LogP contribution < -0.4 is 11.1 Å². The van der Waals surface area contributed by atoms with Crippen LogP contribution in [-0.2, 0) is 0 Å². The second kappa shape index (κ2) is 4.07. The van der Waals surface area contributed by atoms with E-state index in [-0.39, 0.29) is 6.04 Å². The lowest BCUT2D eigenvalue weighted by atomic mass is 10.0. The van der Waals surface area contributed by atoms with Crippen LogP contribution in [0.5, 0.6) is 0 Å². The standard InChI is InChI=1S/C11H18N2/c12-11-6-10(7-13-8-11)5-9-3-1-2-4-9/h3,6,11,13H,1-2,4-5,7-8,12H2. The van der Waals surface area contributed by atoms with E-state index in [9.17, 15) is 0 Å². The Hall–Kier alpha value is -0.600. The van der Waals surface area contributed by atoms with Crippen LogP contribution in [0.15, 0.2) is 23.3 Å². The molecule has 72 valence electrons. The fourth-order valence-electron chi connectivity index (χ4n) is 2.13. The lowest BCUT2D eigenvalue weighted by Crippen LogP contribution is -2.37. The lowest BCUT2D eigenvalue weighted by molar-refractivity contribution is 0.625. The van der Waals surface area contributed by atoms with Crippen molar-refractivity contribution in [3.63, 3.8) is 0 Å². The molecule has 1 aliphatic heterocycles. The van der Waals surface area contributed by atoms with Gasteiger partial charge in [0.2, 0.25) is 0 Å². The molecule has 2 rings (SSSR count). The van der Waals surface area contributed by atoms with E-state index in [0.717, 1.165) is 19.5 Å². The zero-order valence-corrected chi connectivity index (χ0v) is 8.05. The quantitative estimate of drug-likeness (QED) is 0.626. The summed E-state index contributed by atoms with van der Waals surface area (Å²) in [6, 6.07) is 0.228. The van der Waals surface area contributed by atoms with Crippen molar-refractivity contribution < 1.29 is 0 Å². The van der Waals surface area contributed by atoms with Gasteiger partial charge in [-0.1, -0.05) is 23.3 Å². The highest BCUT2D eigenvalue weighted by molar-refractivity contribution is 5.22. The summed E-state index contributed by atoms with van der Waals surface area (Å²) in [6.45, 7) is 1.97. The van der Waals surface area contributed by atoms with Gasteiger partial charge in [0.05, 0.1) is 0 Å². The molecule has 1 atom stereocenters. The minimum atomic E-state index is 0.228. The fourth-order valence-corrected chi connectivity index (χ4v) is 2.13. The Morgan fingerprint density at radius 1 is 1.46 bits per heavy atom. The van der Waals surface area contributed by atoms with Crippen LogP contribution in [0.3, 0.4) is 0 Å². The average Bonchev–Trinajstić information content (AvgIpc) is 2.57. The van der Waals surface area contributed by atoms with Gasteiger partial charge < -0.3 is 11.1 Å². The average molecular weight is 178 g/mol. The molecule has 0 amide bonds. The first-order chi connectivity index (χ1) is 6.34. The van der Waals surface area contributed by atoms with Crippen LogP contribution in [0.2, 0.25) is 0 Å². The summed E-state index contributed by atoms with van der Waals surface area (Å²) in [5.41, 5.74) is 8.93. The van der Waals surface area contributed by atoms with E-state index in [1.807, 2.05) is 0 Å². The van der Waals surface area contributed by atoms with Crippen molar-refractivity contribution in [1.82, 2.24) is 5.32 Å². The molecule has 0 fully saturated rings. The molecule has 2 heteroatoms. The highest BCUT2D eigenvalue weighted by atomic mass is 14.9. The number of rotatable bonds is 2. The molecule has 1 unspecified atom stereocenters. The molecule has 1 heterocycles. The van der Waals surface area contributed by atoms with E-state index in [1.165, 1.54) is 24.8 Å². The Morgan fingerprint density at radius 3 is 3.08 bits per heavy atom. The molecular formula is C11H18N2. The third kappa shape index (κ3) is 2.42. The van der Waals surface area contributed by atoms with Gasteiger partial charge in [-0.2, -0.15) is 0 Å². The van der Waals surface area contributed by atoms with Crippen molar-refractivity contribution in [1.29, 1.82) is 0 Å². The molecule has 13 heavy (non-hydrogen) atoms. The van der Waals surface area contributed by atoms with Crippen LogP contribution in [0.1, 0.15) is 25.7 Å². The Morgan fingerprint density at radius 2 is 2.38 bits per heavy atom. The van der Waals surface area contributed by atoms with Gasteiger partial charge in [-0.3, -0.25) is 0 Å². The number of nitrogens with one attached hydrogen (secondary N) is 1. The molecule has 0 aromatic carbocycles. The van der Waals surface area contributed by atoms with E-state index in [4.69, 9.17) is 5.73 Å². The number of allylic oxidation sites excluding steroid dienone is 2. The van der Waals surface area contributed by atoms with E-state index < -0.39 is 0 Å². The summed E-state index contributed by atoms with van der Waals surface area (Å²) in [5.74, 6) is 0. The van der Waals surface area contributed by atoms with Crippen LogP contribution in [0, 0.1) is 0 Å². The Labute approximate surface area is 79.9 Å². The normalized spacial score (nSPS) is 28.5. The molecule has 0 saturated carbocycles. The van der Waals surface area contributed by atoms with Crippen LogP contribution in [0.25, 0.3) is 0 Å². The van der Waals surface area contributed by atoms with Gasteiger partial charge in [0.1, 0.15) is 0 Å². The van der Waals surface area contributed by atoms with Crippen LogP contribution >= 0.6 is 0 Å². The third-order valence-electron chi connectivity index (χ3n) is 2.77. The Bertz CT molecular complexity index is 240. The molecule has 0 aromatic rings. The predicted octanol–water partition coefficient (Wildman–Crippen LogP) is 1.34. The fraction of sp³-hybridized carbons (Fsp3) is 0.636. The number of hydrogen-bond acceptors (Lipinski definition) is 2. The summed E-state index contributed by atoms with van der Waals surface area (Å²) in [5, 5.41) is 3.34. The molecule has 1 aliphatic carbocycles. The first-order valence-corrected chi connectivity index (χ1v) is 5.18. The van der Waals surface area contributed by atoms with Crippen molar-refractivity contribution in [3.8, 4) is 0 Å². The van der Waals surface area contributed by atoms with Crippen LogP contribution in [-0.4, -0.2) is 19.1 Å². The van der Waals surface area contributed by atoms with Gasteiger partial charge in [-0.05, 0) is 25.7 Å².